The first kappa shape index (κ1) is 17.0. The molecule has 0 saturated heterocycles. The standard InChI is InChI=1S/C10H24O6Si/c1-5-11-8-14-17(4,15-9-12-6-2)16-10-13-7-3/h5-10H2,1-4H3. The number of rotatable bonds is 12. The van der Waals surface area contributed by atoms with E-state index >= 15 is 0 Å². The van der Waals surface area contributed by atoms with E-state index in [2.05, 4.69) is 0 Å². The van der Waals surface area contributed by atoms with E-state index in [-0.39, 0.29) is 20.4 Å². The van der Waals surface area contributed by atoms with E-state index in [0.717, 1.165) is 0 Å². The summed E-state index contributed by atoms with van der Waals surface area (Å²) in [5.74, 6) is 0. The molecule has 0 aliphatic rings. The molecule has 0 aliphatic heterocycles. The number of hydrogen-bond acceptors (Lipinski definition) is 6. The number of hydrogen-bond donors (Lipinski definition) is 0. The maximum Gasteiger partial charge on any atom is 0.502 e. The maximum atomic E-state index is 5.48. The van der Waals surface area contributed by atoms with Crippen molar-refractivity contribution in [2.45, 2.75) is 27.3 Å². The Hall–Kier alpha value is -0.0231. The second-order valence-corrected chi connectivity index (χ2v) is 5.72. The van der Waals surface area contributed by atoms with Crippen molar-refractivity contribution in [3.8, 4) is 0 Å². The fourth-order valence-electron chi connectivity index (χ4n) is 0.821. The molecule has 0 aromatic heterocycles. The Balaban J connectivity index is 3.95. The lowest BCUT2D eigenvalue weighted by atomic mass is 10.9. The third kappa shape index (κ3) is 9.66. The van der Waals surface area contributed by atoms with Crippen LogP contribution in [0, 0.1) is 0 Å². The first-order valence-corrected chi connectivity index (χ1v) is 8.06. The van der Waals surface area contributed by atoms with Crippen molar-refractivity contribution in [3.63, 3.8) is 0 Å². The SMILES string of the molecule is CCOCO[Si](C)(OCOCC)OCOCC. The molecule has 0 saturated carbocycles. The molecule has 6 nitrogen and oxygen atoms in total. The molecule has 0 spiro atoms. The largest absolute Gasteiger partial charge is 0.502 e. The van der Waals surface area contributed by atoms with E-state index in [9.17, 15) is 0 Å². The Bertz CT molecular complexity index is 142. The van der Waals surface area contributed by atoms with Crippen LogP contribution in [0.25, 0.3) is 0 Å². The van der Waals surface area contributed by atoms with Crippen LogP contribution in [0.4, 0.5) is 0 Å². The summed E-state index contributed by atoms with van der Waals surface area (Å²) in [5, 5.41) is 0. The van der Waals surface area contributed by atoms with Crippen molar-refractivity contribution in [2.75, 3.05) is 40.2 Å². The molecule has 0 atom stereocenters. The van der Waals surface area contributed by atoms with Crippen molar-refractivity contribution in [1.29, 1.82) is 0 Å². The summed E-state index contributed by atoms with van der Waals surface area (Å²) in [6.07, 6.45) is 0. The van der Waals surface area contributed by atoms with Gasteiger partial charge in [0.05, 0.1) is 0 Å². The maximum absolute atomic E-state index is 5.48. The summed E-state index contributed by atoms with van der Waals surface area (Å²) in [6.45, 7) is 9.67. The van der Waals surface area contributed by atoms with Crippen LogP contribution in [-0.2, 0) is 27.5 Å². The topological polar surface area (TPSA) is 55.4 Å². The molecule has 0 aromatic rings. The van der Waals surface area contributed by atoms with Gasteiger partial charge < -0.3 is 27.5 Å². The quantitative estimate of drug-likeness (QED) is 0.304. The monoisotopic (exact) mass is 268 g/mol. The van der Waals surface area contributed by atoms with Gasteiger partial charge in [0.1, 0.15) is 20.4 Å². The molecule has 0 unspecified atom stereocenters. The summed E-state index contributed by atoms with van der Waals surface area (Å²) in [7, 11) is -2.74. The van der Waals surface area contributed by atoms with Gasteiger partial charge in [0.25, 0.3) is 0 Å². The lowest BCUT2D eigenvalue weighted by Crippen LogP contribution is -2.44. The van der Waals surface area contributed by atoms with Crippen LogP contribution in [0.15, 0.2) is 0 Å². The third-order valence-electron chi connectivity index (χ3n) is 1.83. The van der Waals surface area contributed by atoms with Gasteiger partial charge in [-0.05, 0) is 20.8 Å². The van der Waals surface area contributed by atoms with E-state index in [4.69, 9.17) is 27.5 Å². The highest BCUT2D eigenvalue weighted by Crippen LogP contribution is 2.09. The van der Waals surface area contributed by atoms with E-state index in [1.807, 2.05) is 20.8 Å². The molecule has 0 fully saturated rings. The van der Waals surface area contributed by atoms with Gasteiger partial charge in [-0.25, -0.2) is 0 Å². The molecular formula is C10H24O6Si. The van der Waals surface area contributed by atoms with Crippen LogP contribution in [0.3, 0.4) is 0 Å². The first-order chi connectivity index (χ1) is 8.18. The van der Waals surface area contributed by atoms with Gasteiger partial charge in [-0.3, -0.25) is 0 Å². The van der Waals surface area contributed by atoms with E-state index in [1.165, 1.54) is 0 Å². The molecule has 7 heteroatoms. The van der Waals surface area contributed by atoms with Crippen molar-refractivity contribution in [1.82, 2.24) is 0 Å². The van der Waals surface area contributed by atoms with Gasteiger partial charge in [-0.15, -0.1) is 0 Å². The van der Waals surface area contributed by atoms with Gasteiger partial charge in [0.2, 0.25) is 0 Å². The van der Waals surface area contributed by atoms with E-state index in [1.54, 1.807) is 6.55 Å². The molecule has 0 heterocycles. The minimum absolute atomic E-state index is 0.150. The molecule has 0 rings (SSSR count). The highest BCUT2D eigenvalue weighted by molar-refractivity contribution is 6.59. The van der Waals surface area contributed by atoms with Crippen LogP contribution < -0.4 is 0 Å². The zero-order chi connectivity index (χ0) is 13.0. The lowest BCUT2D eigenvalue weighted by Gasteiger charge is -2.25. The summed E-state index contributed by atoms with van der Waals surface area (Å²) in [4.78, 5) is 0. The van der Waals surface area contributed by atoms with Crippen LogP contribution >= 0.6 is 0 Å². The Morgan fingerprint density at radius 1 is 0.647 bits per heavy atom. The molecule has 0 aliphatic carbocycles. The summed E-state index contributed by atoms with van der Waals surface area (Å²) in [6, 6.07) is 0. The van der Waals surface area contributed by atoms with Gasteiger partial charge in [0.15, 0.2) is 0 Å². The Morgan fingerprint density at radius 3 is 1.18 bits per heavy atom. The molecule has 0 aromatic carbocycles. The molecule has 0 radical (unpaired) electrons. The van der Waals surface area contributed by atoms with E-state index < -0.39 is 8.80 Å². The van der Waals surface area contributed by atoms with Crippen LogP contribution in [-0.4, -0.2) is 49.0 Å². The Morgan fingerprint density at radius 2 is 0.941 bits per heavy atom. The van der Waals surface area contributed by atoms with E-state index in [0.29, 0.717) is 19.8 Å². The van der Waals surface area contributed by atoms with Gasteiger partial charge in [-0.1, -0.05) is 0 Å². The predicted molar refractivity (Wildman–Crippen MR) is 64.4 cm³/mol. The zero-order valence-corrected chi connectivity index (χ0v) is 12.2. The first-order valence-electron chi connectivity index (χ1n) is 5.83. The minimum atomic E-state index is -2.74. The Kier molecular flexibility index (Phi) is 11.1. The smallest absolute Gasteiger partial charge is 0.357 e. The van der Waals surface area contributed by atoms with Crippen molar-refractivity contribution >= 4 is 8.80 Å². The normalized spacial score (nSPS) is 12.0. The minimum Gasteiger partial charge on any atom is -0.357 e. The van der Waals surface area contributed by atoms with Crippen LogP contribution in [0.2, 0.25) is 6.55 Å². The zero-order valence-electron chi connectivity index (χ0n) is 11.2. The second kappa shape index (κ2) is 11.1. The fraction of sp³-hybridized carbons (Fsp3) is 1.00. The molecule has 104 valence electrons. The average molecular weight is 268 g/mol. The molecule has 0 N–H and O–H groups in total. The van der Waals surface area contributed by atoms with Gasteiger partial charge in [0, 0.05) is 26.4 Å². The van der Waals surface area contributed by atoms with Crippen LogP contribution in [0.1, 0.15) is 20.8 Å². The molecular weight excluding hydrogens is 244 g/mol. The van der Waals surface area contributed by atoms with Gasteiger partial charge >= 0.3 is 8.80 Å². The third-order valence-corrected chi connectivity index (χ3v) is 3.75. The highest BCUT2D eigenvalue weighted by Gasteiger charge is 2.35. The molecule has 0 bridgehead atoms. The van der Waals surface area contributed by atoms with Crippen LogP contribution in [0.5, 0.6) is 0 Å². The molecule has 0 amide bonds. The Labute approximate surface area is 104 Å². The predicted octanol–water partition coefficient (Wildman–Crippen LogP) is 1.59. The van der Waals surface area contributed by atoms with Crippen molar-refractivity contribution in [3.05, 3.63) is 0 Å². The summed E-state index contributed by atoms with van der Waals surface area (Å²) < 4.78 is 31.8. The average Bonchev–Trinajstić information content (AvgIpc) is 2.30. The second-order valence-electron chi connectivity index (χ2n) is 3.13. The lowest BCUT2D eigenvalue weighted by molar-refractivity contribution is -0.0972. The van der Waals surface area contributed by atoms with Gasteiger partial charge in [-0.2, -0.15) is 0 Å². The number of ether oxygens (including phenoxy) is 3. The van der Waals surface area contributed by atoms with Crippen molar-refractivity contribution < 1.29 is 27.5 Å². The molecule has 17 heavy (non-hydrogen) atoms. The fourth-order valence-corrected chi connectivity index (χ4v) is 1.96. The highest BCUT2D eigenvalue weighted by atomic mass is 28.4. The summed E-state index contributed by atoms with van der Waals surface area (Å²) in [5.41, 5.74) is 0. The summed E-state index contributed by atoms with van der Waals surface area (Å²) >= 11 is 0. The van der Waals surface area contributed by atoms with Crippen molar-refractivity contribution in [2.24, 2.45) is 0 Å².